The molecule has 6 heteroatoms. The number of hydrogen-bond donors (Lipinski definition) is 2. The molecule has 1 rings (SSSR count). The minimum Gasteiger partial charge on any atom is -0.481 e. The molecule has 1 aromatic heterocycles. The van der Waals surface area contributed by atoms with E-state index in [9.17, 15) is 9.59 Å². The van der Waals surface area contributed by atoms with Crippen LogP contribution in [0.15, 0.2) is 23.0 Å². The van der Waals surface area contributed by atoms with Crippen LogP contribution in [-0.2, 0) is 11.3 Å². The van der Waals surface area contributed by atoms with Crippen LogP contribution in [0.2, 0.25) is 0 Å². The molecule has 0 radical (unpaired) electrons. The standard InChI is InChI=1S/C13H20N2O4/c1-10(2)15(6-3-4-12(16)17)13(18)14-8-11-5-7-19-9-11/h5,7,9-10H,3-4,6,8H2,1-2H3,(H,14,18)(H,16,17). The fraction of sp³-hybridized carbons (Fsp3) is 0.538. The van der Waals surface area contributed by atoms with E-state index < -0.39 is 5.97 Å². The second-order valence-electron chi connectivity index (χ2n) is 4.57. The van der Waals surface area contributed by atoms with Crippen LogP contribution in [0.3, 0.4) is 0 Å². The average Bonchev–Trinajstić information content (AvgIpc) is 2.84. The molecule has 6 nitrogen and oxygen atoms in total. The molecule has 0 aliphatic heterocycles. The molecule has 2 amide bonds. The van der Waals surface area contributed by atoms with Gasteiger partial charge in [-0.1, -0.05) is 0 Å². The van der Waals surface area contributed by atoms with Gasteiger partial charge in [0.2, 0.25) is 0 Å². The maximum Gasteiger partial charge on any atom is 0.317 e. The van der Waals surface area contributed by atoms with Gasteiger partial charge in [-0.25, -0.2) is 4.79 Å². The van der Waals surface area contributed by atoms with Crippen molar-refractivity contribution < 1.29 is 19.1 Å². The molecule has 0 bridgehead atoms. The largest absolute Gasteiger partial charge is 0.481 e. The van der Waals surface area contributed by atoms with Crippen molar-refractivity contribution in [1.82, 2.24) is 10.2 Å². The molecule has 0 fully saturated rings. The maximum atomic E-state index is 12.0. The highest BCUT2D eigenvalue weighted by Gasteiger charge is 2.16. The summed E-state index contributed by atoms with van der Waals surface area (Å²) in [5.74, 6) is -0.845. The van der Waals surface area contributed by atoms with E-state index in [1.54, 1.807) is 23.5 Å². The number of hydrogen-bond acceptors (Lipinski definition) is 3. The molecule has 0 saturated heterocycles. The van der Waals surface area contributed by atoms with Crippen LogP contribution < -0.4 is 5.32 Å². The van der Waals surface area contributed by atoms with Gasteiger partial charge in [0.25, 0.3) is 0 Å². The summed E-state index contributed by atoms with van der Waals surface area (Å²) in [5, 5.41) is 11.4. The van der Waals surface area contributed by atoms with Gasteiger partial charge < -0.3 is 19.7 Å². The van der Waals surface area contributed by atoms with Crippen molar-refractivity contribution in [2.45, 2.75) is 39.3 Å². The number of aliphatic carboxylic acids is 1. The first-order chi connectivity index (χ1) is 9.00. The lowest BCUT2D eigenvalue weighted by molar-refractivity contribution is -0.137. The van der Waals surface area contributed by atoms with E-state index in [4.69, 9.17) is 9.52 Å². The summed E-state index contributed by atoms with van der Waals surface area (Å²) in [6.07, 6.45) is 3.64. The molecule has 1 heterocycles. The zero-order valence-electron chi connectivity index (χ0n) is 11.3. The van der Waals surface area contributed by atoms with Crippen LogP contribution >= 0.6 is 0 Å². The average molecular weight is 268 g/mol. The number of carboxylic acid groups (broad SMARTS) is 1. The van der Waals surface area contributed by atoms with Gasteiger partial charge in [0.05, 0.1) is 12.5 Å². The first-order valence-electron chi connectivity index (χ1n) is 6.28. The molecule has 0 unspecified atom stereocenters. The Balaban J connectivity index is 2.41. The van der Waals surface area contributed by atoms with Crippen LogP contribution in [0.25, 0.3) is 0 Å². The Morgan fingerprint density at radius 2 is 2.21 bits per heavy atom. The third-order valence-corrected chi connectivity index (χ3v) is 2.70. The maximum absolute atomic E-state index is 12.0. The van der Waals surface area contributed by atoms with Crippen LogP contribution in [0.5, 0.6) is 0 Å². The molecular formula is C13H20N2O4. The van der Waals surface area contributed by atoms with E-state index in [1.165, 1.54) is 0 Å². The lowest BCUT2D eigenvalue weighted by Crippen LogP contribution is -2.44. The molecule has 106 valence electrons. The third-order valence-electron chi connectivity index (χ3n) is 2.70. The van der Waals surface area contributed by atoms with E-state index in [0.717, 1.165) is 5.56 Å². The van der Waals surface area contributed by atoms with Crippen molar-refractivity contribution >= 4 is 12.0 Å². The first-order valence-corrected chi connectivity index (χ1v) is 6.28. The fourth-order valence-electron chi connectivity index (χ4n) is 1.67. The summed E-state index contributed by atoms with van der Waals surface area (Å²) < 4.78 is 4.92. The summed E-state index contributed by atoms with van der Waals surface area (Å²) in [6.45, 7) is 4.63. The first kappa shape index (κ1) is 15.1. The lowest BCUT2D eigenvalue weighted by Gasteiger charge is -2.26. The Bertz CT molecular complexity index is 401. The number of nitrogens with zero attached hydrogens (tertiary/aromatic N) is 1. The second-order valence-corrected chi connectivity index (χ2v) is 4.57. The molecule has 0 aliphatic rings. The van der Waals surface area contributed by atoms with E-state index in [2.05, 4.69) is 5.32 Å². The Kier molecular flexibility index (Phi) is 5.92. The van der Waals surface area contributed by atoms with Crippen molar-refractivity contribution in [2.24, 2.45) is 0 Å². The third kappa shape index (κ3) is 5.46. The molecule has 1 aromatic rings. The van der Waals surface area contributed by atoms with E-state index in [0.29, 0.717) is 19.5 Å². The Morgan fingerprint density at radius 1 is 1.47 bits per heavy atom. The minimum absolute atomic E-state index is 0.0261. The second kappa shape index (κ2) is 7.45. The van der Waals surface area contributed by atoms with Gasteiger partial charge in [0, 0.05) is 31.1 Å². The lowest BCUT2D eigenvalue weighted by atomic mass is 10.2. The molecule has 2 N–H and O–H groups in total. The number of carboxylic acids is 1. The normalized spacial score (nSPS) is 10.5. The molecular weight excluding hydrogens is 248 g/mol. The number of carbonyl (C=O) groups excluding carboxylic acids is 1. The quantitative estimate of drug-likeness (QED) is 0.793. The van der Waals surface area contributed by atoms with Crippen molar-refractivity contribution in [2.75, 3.05) is 6.54 Å². The van der Waals surface area contributed by atoms with Gasteiger partial charge in [0.1, 0.15) is 0 Å². The van der Waals surface area contributed by atoms with E-state index in [-0.39, 0.29) is 18.5 Å². The van der Waals surface area contributed by atoms with Crippen LogP contribution in [-0.4, -0.2) is 34.6 Å². The predicted molar refractivity (Wildman–Crippen MR) is 69.7 cm³/mol. The number of nitrogens with one attached hydrogen (secondary N) is 1. The van der Waals surface area contributed by atoms with Gasteiger partial charge in [-0.2, -0.15) is 0 Å². The van der Waals surface area contributed by atoms with E-state index in [1.807, 2.05) is 13.8 Å². The summed E-state index contributed by atoms with van der Waals surface area (Å²) in [7, 11) is 0. The zero-order valence-corrected chi connectivity index (χ0v) is 11.3. The SMILES string of the molecule is CC(C)N(CCCC(=O)O)C(=O)NCc1ccoc1. The number of rotatable bonds is 7. The fourth-order valence-corrected chi connectivity index (χ4v) is 1.67. The molecule has 19 heavy (non-hydrogen) atoms. The Morgan fingerprint density at radius 3 is 2.74 bits per heavy atom. The number of urea groups is 1. The van der Waals surface area contributed by atoms with Crippen molar-refractivity contribution in [3.8, 4) is 0 Å². The molecule has 0 aromatic carbocycles. The molecule has 0 spiro atoms. The summed E-state index contributed by atoms with van der Waals surface area (Å²) >= 11 is 0. The van der Waals surface area contributed by atoms with Gasteiger partial charge >= 0.3 is 12.0 Å². The van der Waals surface area contributed by atoms with Crippen molar-refractivity contribution in [3.63, 3.8) is 0 Å². The zero-order chi connectivity index (χ0) is 14.3. The predicted octanol–water partition coefficient (Wildman–Crippen LogP) is 2.06. The van der Waals surface area contributed by atoms with Crippen LogP contribution in [0, 0.1) is 0 Å². The van der Waals surface area contributed by atoms with Gasteiger partial charge in [-0.05, 0) is 26.3 Å². The molecule has 0 atom stereocenters. The topological polar surface area (TPSA) is 82.8 Å². The smallest absolute Gasteiger partial charge is 0.317 e. The highest BCUT2D eigenvalue weighted by Crippen LogP contribution is 2.04. The highest BCUT2D eigenvalue weighted by atomic mass is 16.4. The minimum atomic E-state index is -0.845. The van der Waals surface area contributed by atoms with Gasteiger partial charge in [0.15, 0.2) is 0 Å². The molecule has 0 saturated carbocycles. The summed E-state index contributed by atoms with van der Waals surface area (Å²) in [6, 6.07) is 1.62. The molecule has 0 aliphatic carbocycles. The van der Waals surface area contributed by atoms with Gasteiger partial charge in [-0.3, -0.25) is 4.79 Å². The monoisotopic (exact) mass is 268 g/mol. The van der Waals surface area contributed by atoms with Crippen molar-refractivity contribution in [1.29, 1.82) is 0 Å². The van der Waals surface area contributed by atoms with E-state index >= 15 is 0 Å². The number of furan rings is 1. The summed E-state index contributed by atoms with van der Waals surface area (Å²) in [4.78, 5) is 24.1. The van der Waals surface area contributed by atoms with Crippen LogP contribution in [0.1, 0.15) is 32.3 Å². The van der Waals surface area contributed by atoms with Crippen LogP contribution in [0.4, 0.5) is 4.79 Å². The highest BCUT2D eigenvalue weighted by molar-refractivity contribution is 5.74. The van der Waals surface area contributed by atoms with Crippen molar-refractivity contribution in [3.05, 3.63) is 24.2 Å². The Labute approximate surface area is 112 Å². The number of amides is 2. The summed E-state index contributed by atoms with van der Waals surface area (Å²) in [5.41, 5.74) is 0.891. The van der Waals surface area contributed by atoms with Gasteiger partial charge in [-0.15, -0.1) is 0 Å². The Hall–Kier alpha value is -1.98. The number of carbonyl (C=O) groups is 2.